The van der Waals surface area contributed by atoms with E-state index in [4.69, 9.17) is 4.74 Å². The van der Waals surface area contributed by atoms with Crippen LogP contribution in [0.5, 0.6) is 0 Å². The molecule has 0 amide bonds. The number of benzene rings is 6. The van der Waals surface area contributed by atoms with E-state index in [9.17, 15) is 0 Å². The quantitative estimate of drug-likeness (QED) is 0.0948. The highest BCUT2D eigenvalue weighted by Crippen LogP contribution is 2.45. The molecule has 0 saturated carbocycles. The first-order valence-electron chi connectivity index (χ1n) is 22.3. The van der Waals surface area contributed by atoms with E-state index >= 15 is 0 Å². The number of hydrogen-bond donors (Lipinski definition) is 0. The normalized spacial score (nSPS) is 18.0. The van der Waals surface area contributed by atoms with Crippen molar-refractivity contribution in [2.45, 2.75) is 65.2 Å². The Morgan fingerprint density at radius 2 is 0.639 bits per heavy atom. The summed E-state index contributed by atoms with van der Waals surface area (Å²) in [6.45, 7) is 4.52. The third kappa shape index (κ3) is 10.7. The van der Waals surface area contributed by atoms with Crippen molar-refractivity contribution in [3.8, 4) is 0 Å². The summed E-state index contributed by atoms with van der Waals surface area (Å²) in [4.78, 5) is 0. The van der Waals surface area contributed by atoms with Gasteiger partial charge in [-0.05, 0) is 106 Å². The number of allylic oxidation sites excluding steroid dienone is 10. The molecule has 61 heavy (non-hydrogen) atoms. The van der Waals surface area contributed by atoms with Crippen LogP contribution in [0.1, 0.15) is 60.1 Å². The fraction of sp³-hybridized carbons (Fsp3) is 0.200. The standard InChI is InChI=1S/C60H58O/c1-3-23-51-43-59(57(41-49-33-19-9-20-34-49)55(39-47-29-15-7-16-30-47)53(51)37-45-25-11-5-12-26-45)61-60-44-52(24-4-2)54(38-46-27-13-6-14-28-46)56(40-48-31-17-8-18-32-48)58(60)42-50-35-21-10-22-36-50/h5-36,43-44,53-54H,3-4,37-42H2,1-2H3. The number of rotatable bonds is 16. The largest absolute Gasteiger partial charge is 0.457 e. The van der Waals surface area contributed by atoms with Crippen molar-refractivity contribution in [1.82, 2.24) is 0 Å². The minimum Gasteiger partial charge on any atom is -0.457 e. The van der Waals surface area contributed by atoms with Gasteiger partial charge in [0.05, 0.1) is 0 Å². The summed E-state index contributed by atoms with van der Waals surface area (Å²) in [5, 5.41) is 0. The molecule has 1 heteroatoms. The minimum absolute atomic E-state index is 0.215. The van der Waals surface area contributed by atoms with Gasteiger partial charge in [0.15, 0.2) is 0 Å². The summed E-state index contributed by atoms with van der Waals surface area (Å²) in [5.41, 5.74) is 16.1. The van der Waals surface area contributed by atoms with E-state index in [1.807, 2.05) is 0 Å². The van der Waals surface area contributed by atoms with Gasteiger partial charge in [-0.1, -0.05) is 219 Å². The molecule has 6 aromatic carbocycles. The lowest BCUT2D eigenvalue weighted by atomic mass is 9.74. The van der Waals surface area contributed by atoms with Gasteiger partial charge in [-0.25, -0.2) is 0 Å². The molecule has 0 bridgehead atoms. The fourth-order valence-electron chi connectivity index (χ4n) is 9.27. The summed E-state index contributed by atoms with van der Waals surface area (Å²) in [6, 6.07) is 66.1. The van der Waals surface area contributed by atoms with Crippen molar-refractivity contribution in [3.63, 3.8) is 0 Å². The summed E-state index contributed by atoms with van der Waals surface area (Å²) in [6.07, 6.45) is 16.7. The Bertz CT molecular complexity index is 2340. The molecule has 0 fully saturated rings. The van der Waals surface area contributed by atoms with Crippen LogP contribution in [0.3, 0.4) is 0 Å². The Kier molecular flexibility index (Phi) is 14.0. The number of ether oxygens (including phenoxy) is 1. The highest BCUT2D eigenvalue weighted by atomic mass is 16.5. The molecule has 1 nitrogen and oxygen atoms in total. The van der Waals surface area contributed by atoms with Gasteiger partial charge in [0.1, 0.15) is 11.5 Å². The molecule has 2 aliphatic rings. The van der Waals surface area contributed by atoms with Crippen LogP contribution in [0.15, 0.2) is 251 Å². The van der Waals surface area contributed by atoms with Crippen LogP contribution in [0.25, 0.3) is 0 Å². The van der Waals surface area contributed by atoms with E-state index < -0.39 is 0 Å². The minimum atomic E-state index is 0.215. The molecule has 0 radical (unpaired) electrons. The van der Waals surface area contributed by atoms with E-state index in [2.05, 4.69) is 220 Å². The molecular formula is C60H58O. The first-order valence-corrected chi connectivity index (χ1v) is 22.3. The second-order valence-electron chi connectivity index (χ2n) is 16.5. The Balaban J connectivity index is 1.33. The van der Waals surface area contributed by atoms with Crippen LogP contribution in [0, 0.1) is 11.8 Å². The lowest BCUT2D eigenvalue weighted by molar-refractivity contribution is 0.310. The zero-order valence-corrected chi connectivity index (χ0v) is 35.8. The lowest BCUT2D eigenvalue weighted by Gasteiger charge is -2.35. The molecule has 0 saturated heterocycles. The first-order chi connectivity index (χ1) is 30.1. The molecule has 8 rings (SSSR count). The van der Waals surface area contributed by atoms with Crippen molar-refractivity contribution < 1.29 is 4.74 Å². The van der Waals surface area contributed by atoms with Gasteiger partial charge in [0.2, 0.25) is 0 Å². The molecule has 2 aliphatic carbocycles. The number of hydrogen-bond acceptors (Lipinski definition) is 1. The summed E-state index contributed by atoms with van der Waals surface area (Å²) in [7, 11) is 0. The predicted octanol–water partition coefficient (Wildman–Crippen LogP) is 14.8. The van der Waals surface area contributed by atoms with Crippen molar-refractivity contribution in [1.29, 1.82) is 0 Å². The van der Waals surface area contributed by atoms with Gasteiger partial charge >= 0.3 is 0 Å². The summed E-state index contributed by atoms with van der Waals surface area (Å²) in [5.74, 6) is 2.36. The maximum atomic E-state index is 7.71. The zero-order chi connectivity index (χ0) is 41.6. The van der Waals surface area contributed by atoms with Crippen molar-refractivity contribution in [2.75, 3.05) is 0 Å². The second-order valence-corrected chi connectivity index (χ2v) is 16.5. The van der Waals surface area contributed by atoms with Gasteiger partial charge in [0.25, 0.3) is 0 Å². The van der Waals surface area contributed by atoms with Gasteiger partial charge in [-0.3, -0.25) is 0 Å². The maximum absolute atomic E-state index is 7.71. The average Bonchev–Trinajstić information content (AvgIpc) is 3.30. The Hall–Kier alpha value is -6.44. The summed E-state index contributed by atoms with van der Waals surface area (Å²) < 4.78 is 7.71. The van der Waals surface area contributed by atoms with Gasteiger partial charge < -0.3 is 4.74 Å². The van der Waals surface area contributed by atoms with Crippen molar-refractivity contribution >= 4 is 0 Å². The molecule has 0 N–H and O–H groups in total. The Morgan fingerprint density at radius 3 is 0.934 bits per heavy atom. The molecule has 2 atom stereocenters. The molecule has 0 aliphatic heterocycles. The molecule has 0 spiro atoms. The van der Waals surface area contributed by atoms with Crippen LogP contribution < -0.4 is 0 Å². The van der Waals surface area contributed by atoms with Crippen LogP contribution in [0.4, 0.5) is 0 Å². The smallest absolute Gasteiger partial charge is 0.131 e. The van der Waals surface area contributed by atoms with Gasteiger partial charge in [-0.2, -0.15) is 0 Å². The SMILES string of the molecule is CCC=C1C=C(OC2=CC(=CCC)C(Cc3ccccc3)C(Cc3ccccc3)=C2Cc2ccccc2)C(Cc2ccccc2)=C(Cc2ccccc2)C1Cc1ccccc1. The predicted molar refractivity (Wildman–Crippen MR) is 256 cm³/mol. The monoisotopic (exact) mass is 794 g/mol. The maximum Gasteiger partial charge on any atom is 0.131 e. The molecule has 0 heterocycles. The zero-order valence-electron chi connectivity index (χ0n) is 35.8. The fourth-order valence-corrected chi connectivity index (χ4v) is 9.27. The highest BCUT2D eigenvalue weighted by Gasteiger charge is 2.34. The highest BCUT2D eigenvalue weighted by molar-refractivity contribution is 5.56. The van der Waals surface area contributed by atoms with Crippen LogP contribution in [0.2, 0.25) is 0 Å². The summed E-state index contributed by atoms with van der Waals surface area (Å²) >= 11 is 0. The van der Waals surface area contributed by atoms with Crippen LogP contribution in [-0.4, -0.2) is 0 Å². The van der Waals surface area contributed by atoms with Gasteiger partial charge in [0, 0.05) is 24.7 Å². The van der Waals surface area contributed by atoms with Crippen molar-refractivity contribution in [2.24, 2.45) is 11.8 Å². The molecule has 2 unspecified atom stereocenters. The topological polar surface area (TPSA) is 9.23 Å². The van der Waals surface area contributed by atoms with Gasteiger partial charge in [-0.15, -0.1) is 0 Å². The first kappa shape index (κ1) is 41.3. The third-order valence-electron chi connectivity index (χ3n) is 12.2. The van der Waals surface area contributed by atoms with Crippen LogP contribution >= 0.6 is 0 Å². The second kappa shape index (κ2) is 20.7. The Morgan fingerprint density at radius 1 is 0.361 bits per heavy atom. The molecule has 6 aromatic rings. The van der Waals surface area contributed by atoms with E-state index in [1.54, 1.807) is 0 Å². The Labute approximate surface area is 364 Å². The molecule has 304 valence electrons. The molecule has 0 aromatic heterocycles. The van der Waals surface area contributed by atoms with E-state index in [0.717, 1.165) is 62.9 Å². The van der Waals surface area contributed by atoms with E-state index in [-0.39, 0.29) is 11.8 Å². The third-order valence-corrected chi connectivity index (χ3v) is 12.2. The van der Waals surface area contributed by atoms with Crippen LogP contribution in [-0.2, 0) is 43.3 Å². The van der Waals surface area contributed by atoms with E-state index in [0.29, 0.717) is 0 Å². The lowest BCUT2D eigenvalue weighted by Crippen LogP contribution is -2.24. The average molecular weight is 795 g/mol. The van der Waals surface area contributed by atoms with E-state index in [1.165, 1.54) is 66.8 Å². The van der Waals surface area contributed by atoms with Crippen molar-refractivity contribution in [3.05, 3.63) is 285 Å². The molecular weight excluding hydrogens is 737 g/mol.